The highest BCUT2D eigenvalue weighted by molar-refractivity contribution is 6.29. The van der Waals surface area contributed by atoms with Crippen molar-refractivity contribution < 1.29 is 9.53 Å². The van der Waals surface area contributed by atoms with E-state index in [4.69, 9.17) is 16.3 Å². The number of anilines is 1. The molecule has 1 fully saturated rings. The van der Waals surface area contributed by atoms with E-state index in [1.807, 2.05) is 32.6 Å². The minimum Gasteiger partial charge on any atom is -0.444 e. The molecule has 1 aromatic heterocycles. The molecule has 122 valence electrons. The van der Waals surface area contributed by atoms with Crippen LogP contribution >= 0.6 is 11.6 Å². The number of carbonyl (C=O) groups is 1. The summed E-state index contributed by atoms with van der Waals surface area (Å²) in [6.45, 7) is 8.94. The van der Waals surface area contributed by atoms with Crippen LogP contribution in [-0.2, 0) is 4.74 Å². The third-order valence-electron chi connectivity index (χ3n) is 3.24. The number of hydrogen-bond donors (Lipinski definition) is 1. The van der Waals surface area contributed by atoms with Crippen molar-refractivity contribution in [2.45, 2.75) is 52.2 Å². The number of nitrogens with zero attached hydrogens (tertiary/aromatic N) is 3. The summed E-state index contributed by atoms with van der Waals surface area (Å²) >= 11 is 6.00. The molecular weight excluding hydrogens is 304 g/mol. The van der Waals surface area contributed by atoms with Crippen molar-refractivity contribution in [1.29, 1.82) is 0 Å². The number of aromatic nitrogens is 2. The Balaban J connectivity index is 1.98. The maximum absolute atomic E-state index is 11.9. The number of hydrogen-bond acceptors (Lipinski definition) is 5. The first-order chi connectivity index (χ1) is 10.2. The van der Waals surface area contributed by atoms with Crippen LogP contribution in [0.1, 0.15) is 39.3 Å². The van der Waals surface area contributed by atoms with Crippen LogP contribution in [-0.4, -0.2) is 40.8 Å². The zero-order chi connectivity index (χ0) is 16.3. The average Bonchev–Trinajstić information content (AvgIpc) is 2.35. The van der Waals surface area contributed by atoms with E-state index in [1.165, 1.54) is 0 Å². The molecule has 2 heterocycles. The first kappa shape index (κ1) is 16.8. The molecule has 1 aromatic rings. The van der Waals surface area contributed by atoms with Gasteiger partial charge in [-0.3, -0.25) is 0 Å². The fourth-order valence-corrected chi connectivity index (χ4v) is 2.64. The van der Waals surface area contributed by atoms with E-state index in [0.29, 0.717) is 17.6 Å². The Kier molecular flexibility index (Phi) is 5.11. The predicted molar refractivity (Wildman–Crippen MR) is 86.4 cm³/mol. The van der Waals surface area contributed by atoms with Crippen LogP contribution in [0.3, 0.4) is 0 Å². The highest BCUT2D eigenvalue weighted by atomic mass is 35.5. The molecule has 22 heavy (non-hydrogen) atoms. The zero-order valence-corrected chi connectivity index (χ0v) is 14.3. The van der Waals surface area contributed by atoms with Crippen molar-refractivity contribution in [2.75, 3.05) is 18.0 Å². The van der Waals surface area contributed by atoms with E-state index in [1.54, 1.807) is 6.07 Å². The second-order valence-corrected chi connectivity index (χ2v) is 6.95. The van der Waals surface area contributed by atoms with Gasteiger partial charge in [-0.25, -0.2) is 14.8 Å². The Bertz CT molecular complexity index is 525. The summed E-state index contributed by atoms with van der Waals surface area (Å²) in [6, 6.07) is 1.75. The van der Waals surface area contributed by atoms with Gasteiger partial charge >= 0.3 is 6.09 Å². The van der Waals surface area contributed by atoms with Crippen LogP contribution in [0.2, 0.25) is 5.15 Å². The number of alkyl carbamates (subject to hydrolysis) is 1. The highest BCUT2D eigenvalue weighted by Gasteiger charge is 2.25. The molecule has 0 spiro atoms. The fraction of sp³-hybridized carbons (Fsp3) is 0.667. The standard InChI is InChI=1S/C15H23ClN4O2/c1-10-8-12(16)19-13(17-10)20-7-5-6-11(9-20)18-14(21)22-15(2,3)4/h8,11H,5-7,9H2,1-4H3,(H,18,21). The van der Waals surface area contributed by atoms with Crippen molar-refractivity contribution in [2.24, 2.45) is 0 Å². The van der Waals surface area contributed by atoms with E-state index in [9.17, 15) is 4.79 Å². The van der Waals surface area contributed by atoms with Crippen molar-refractivity contribution in [3.63, 3.8) is 0 Å². The molecule has 0 aromatic carbocycles. The molecule has 0 saturated carbocycles. The van der Waals surface area contributed by atoms with Crippen molar-refractivity contribution in [3.05, 3.63) is 16.9 Å². The van der Waals surface area contributed by atoms with E-state index < -0.39 is 5.60 Å². The Morgan fingerprint density at radius 2 is 2.18 bits per heavy atom. The first-order valence-electron chi connectivity index (χ1n) is 7.48. The maximum atomic E-state index is 11.9. The lowest BCUT2D eigenvalue weighted by molar-refractivity contribution is 0.0500. The lowest BCUT2D eigenvalue weighted by atomic mass is 10.1. The van der Waals surface area contributed by atoms with Gasteiger partial charge in [0, 0.05) is 24.8 Å². The largest absolute Gasteiger partial charge is 0.444 e. The number of piperidine rings is 1. The second-order valence-electron chi connectivity index (χ2n) is 6.56. The monoisotopic (exact) mass is 326 g/mol. The molecule has 1 aliphatic rings. The van der Waals surface area contributed by atoms with Crippen LogP contribution in [0.5, 0.6) is 0 Å². The van der Waals surface area contributed by atoms with Gasteiger partial charge in [0.2, 0.25) is 5.95 Å². The van der Waals surface area contributed by atoms with Crippen molar-refractivity contribution in [3.8, 4) is 0 Å². The predicted octanol–water partition coefficient (Wildman–Crippen LogP) is 2.93. The Hall–Kier alpha value is -1.56. The molecule has 1 N–H and O–H groups in total. The molecule has 7 heteroatoms. The minimum atomic E-state index is -0.494. The molecule has 1 unspecified atom stereocenters. The number of ether oxygens (including phenoxy) is 1. The molecular formula is C15H23ClN4O2. The molecule has 1 atom stereocenters. The smallest absolute Gasteiger partial charge is 0.407 e. The van der Waals surface area contributed by atoms with Crippen molar-refractivity contribution >= 4 is 23.6 Å². The second kappa shape index (κ2) is 6.69. The molecule has 0 bridgehead atoms. The van der Waals surface area contributed by atoms with E-state index >= 15 is 0 Å². The number of aryl methyl sites for hydroxylation is 1. The zero-order valence-electron chi connectivity index (χ0n) is 13.5. The summed E-state index contributed by atoms with van der Waals surface area (Å²) in [4.78, 5) is 22.6. The van der Waals surface area contributed by atoms with Gasteiger partial charge in [0.15, 0.2) is 0 Å². The van der Waals surface area contributed by atoms with Gasteiger partial charge in [-0.15, -0.1) is 0 Å². The highest BCUT2D eigenvalue weighted by Crippen LogP contribution is 2.19. The minimum absolute atomic E-state index is 0.0199. The number of amides is 1. The number of halogens is 1. The summed E-state index contributed by atoms with van der Waals surface area (Å²) in [5.41, 5.74) is 0.336. The van der Waals surface area contributed by atoms with Gasteiger partial charge in [-0.05, 0) is 46.6 Å². The Labute approximate surface area is 136 Å². The quantitative estimate of drug-likeness (QED) is 0.846. The van der Waals surface area contributed by atoms with E-state index in [2.05, 4.69) is 15.3 Å². The van der Waals surface area contributed by atoms with Gasteiger partial charge in [-0.1, -0.05) is 11.6 Å². The van der Waals surface area contributed by atoms with Gasteiger partial charge in [0.25, 0.3) is 0 Å². The van der Waals surface area contributed by atoms with Crippen LogP contribution in [0.4, 0.5) is 10.7 Å². The topological polar surface area (TPSA) is 67.4 Å². The summed E-state index contributed by atoms with van der Waals surface area (Å²) in [7, 11) is 0. The molecule has 6 nitrogen and oxygen atoms in total. The van der Waals surface area contributed by atoms with E-state index in [0.717, 1.165) is 25.1 Å². The Morgan fingerprint density at radius 3 is 2.82 bits per heavy atom. The molecule has 0 radical (unpaired) electrons. The molecule has 1 aliphatic heterocycles. The molecule has 2 rings (SSSR count). The number of nitrogens with one attached hydrogen (secondary N) is 1. The van der Waals surface area contributed by atoms with E-state index in [-0.39, 0.29) is 12.1 Å². The molecule has 1 amide bonds. The van der Waals surface area contributed by atoms with Gasteiger partial charge in [-0.2, -0.15) is 0 Å². The summed E-state index contributed by atoms with van der Waals surface area (Å²) < 4.78 is 5.30. The fourth-order valence-electron chi connectivity index (χ4n) is 2.41. The molecule has 0 aliphatic carbocycles. The number of carbonyl (C=O) groups excluding carboxylic acids is 1. The van der Waals surface area contributed by atoms with Crippen molar-refractivity contribution in [1.82, 2.24) is 15.3 Å². The average molecular weight is 327 g/mol. The summed E-state index contributed by atoms with van der Waals surface area (Å²) in [6.07, 6.45) is 1.48. The van der Waals surface area contributed by atoms with Crippen LogP contribution in [0, 0.1) is 6.92 Å². The maximum Gasteiger partial charge on any atom is 0.407 e. The summed E-state index contributed by atoms with van der Waals surface area (Å²) in [5, 5.41) is 3.35. The first-order valence-corrected chi connectivity index (χ1v) is 7.86. The van der Waals surface area contributed by atoms with Gasteiger partial charge < -0.3 is 15.0 Å². The van der Waals surface area contributed by atoms with Crippen LogP contribution < -0.4 is 10.2 Å². The summed E-state index contributed by atoms with van der Waals surface area (Å²) in [5.74, 6) is 0.612. The SMILES string of the molecule is Cc1cc(Cl)nc(N2CCCC(NC(=O)OC(C)(C)C)C2)n1. The normalized spacial score (nSPS) is 19.0. The van der Waals surface area contributed by atoms with Gasteiger partial charge in [0.1, 0.15) is 10.8 Å². The Morgan fingerprint density at radius 1 is 1.45 bits per heavy atom. The number of rotatable bonds is 2. The van der Waals surface area contributed by atoms with Crippen LogP contribution in [0.15, 0.2) is 6.07 Å². The lowest BCUT2D eigenvalue weighted by Crippen LogP contribution is -2.49. The third-order valence-corrected chi connectivity index (χ3v) is 3.43. The van der Waals surface area contributed by atoms with Gasteiger partial charge in [0.05, 0.1) is 0 Å². The van der Waals surface area contributed by atoms with Crippen LogP contribution in [0.25, 0.3) is 0 Å². The lowest BCUT2D eigenvalue weighted by Gasteiger charge is -2.33. The molecule has 1 saturated heterocycles. The third kappa shape index (κ3) is 5.02.